The van der Waals surface area contributed by atoms with Gasteiger partial charge in [0.2, 0.25) is 6.41 Å². The summed E-state index contributed by atoms with van der Waals surface area (Å²) in [6.45, 7) is 2.22. The molecule has 2 aromatic rings. The van der Waals surface area contributed by atoms with Crippen LogP contribution in [0.25, 0.3) is 0 Å². The molecular formula is C17H17BrN4O2. The summed E-state index contributed by atoms with van der Waals surface area (Å²) < 4.78 is 1.02. The van der Waals surface area contributed by atoms with Gasteiger partial charge in [0, 0.05) is 36.3 Å². The molecular weight excluding hydrogens is 372 g/mol. The monoisotopic (exact) mass is 388 g/mol. The molecule has 6 nitrogen and oxygen atoms in total. The summed E-state index contributed by atoms with van der Waals surface area (Å²) >= 11 is 3.40. The molecule has 1 aliphatic rings. The average Bonchev–Trinajstić information content (AvgIpc) is 2.64. The normalized spacial score (nSPS) is 14.4. The second kappa shape index (κ2) is 7.44. The Bertz CT molecular complexity index is 710. The number of pyridine rings is 1. The van der Waals surface area contributed by atoms with Crippen molar-refractivity contribution in [2.75, 3.05) is 31.5 Å². The van der Waals surface area contributed by atoms with Crippen molar-refractivity contribution in [2.24, 2.45) is 0 Å². The molecule has 0 spiro atoms. The van der Waals surface area contributed by atoms with Gasteiger partial charge in [0.1, 0.15) is 5.69 Å². The lowest BCUT2D eigenvalue weighted by Gasteiger charge is -2.32. The van der Waals surface area contributed by atoms with Crippen LogP contribution in [-0.2, 0) is 4.79 Å². The Kier molecular flexibility index (Phi) is 5.10. The van der Waals surface area contributed by atoms with Gasteiger partial charge in [-0.05, 0) is 36.4 Å². The van der Waals surface area contributed by atoms with E-state index in [-0.39, 0.29) is 5.91 Å². The number of hydrogen-bond donors (Lipinski definition) is 1. The van der Waals surface area contributed by atoms with E-state index in [0.717, 1.165) is 22.3 Å². The minimum atomic E-state index is -0.101. The van der Waals surface area contributed by atoms with E-state index >= 15 is 0 Å². The van der Waals surface area contributed by atoms with Crippen LogP contribution in [0.4, 0.5) is 11.4 Å². The van der Waals surface area contributed by atoms with Crippen molar-refractivity contribution >= 4 is 39.6 Å². The van der Waals surface area contributed by atoms with Crippen molar-refractivity contribution < 1.29 is 9.59 Å². The Morgan fingerprint density at radius 2 is 1.71 bits per heavy atom. The molecule has 1 aromatic heterocycles. The van der Waals surface area contributed by atoms with Crippen LogP contribution in [0.2, 0.25) is 0 Å². The maximum atomic E-state index is 12.4. The molecule has 0 saturated carbocycles. The lowest BCUT2D eigenvalue weighted by Crippen LogP contribution is -2.48. The second-order valence-electron chi connectivity index (χ2n) is 5.50. The number of halogens is 1. The molecule has 2 heterocycles. The third-order valence-corrected chi connectivity index (χ3v) is 4.39. The van der Waals surface area contributed by atoms with Crippen molar-refractivity contribution in [1.29, 1.82) is 0 Å². The minimum Gasteiger partial charge on any atom is -0.354 e. The van der Waals surface area contributed by atoms with Crippen LogP contribution in [0.5, 0.6) is 0 Å². The van der Waals surface area contributed by atoms with E-state index in [1.54, 1.807) is 22.1 Å². The van der Waals surface area contributed by atoms with Crippen molar-refractivity contribution in [2.45, 2.75) is 0 Å². The van der Waals surface area contributed by atoms with Crippen LogP contribution in [0, 0.1) is 0 Å². The lowest BCUT2D eigenvalue weighted by atomic mass is 10.2. The number of carbonyl (C=O) groups excluding carboxylic acids is 2. The Hall–Kier alpha value is -2.41. The predicted molar refractivity (Wildman–Crippen MR) is 95.2 cm³/mol. The smallest absolute Gasteiger partial charge is 0.272 e. The number of aromatic nitrogens is 1. The fourth-order valence-corrected chi connectivity index (χ4v) is 2.75. The maximum absolute atomic E-state index is 12.4. The lowest BCUT2D eigenvalue weighted by molar-refractivity contribution is -0.119. The van der Waals surface area contributed by atoms with Crippen LogP contribution in [0.15, 0.2) is 47.1 Å². The van der Waals surface area contributed by atoms with Crippen molar-refractivity contribution in [1.82, 2.24) is 14.8 Å². The van der Waals surface area contributed by atoms with Crippen molar-refractivity contribution in [3.05, 3.63) is 52.8 Å². The first kappa shape index (κ1) is 16.4. The zero-order valence-electron chi connectivity index (χ0n) is 13.0. The summed E-state index contributed by atoms with van der Waals surface area (Å²) in [7, 11) is 0. The zero-order valence-corrected chi connectivity index (χ0v) is 14.6. The highest BCUT2D eigenvalue weighted by molar-refractivity contribution is 9.10. The number of hydrogen-bond acceptors (Lipinski definition) is 4. The predicted octanol–water partition coefficient (Wildman–Crippen LogP) is 2.50. The molecule has 1 fully saturated rings. The molecule has 2 amide bonds. The third kappa shape index (κ3) is 3.91. The molecule has 0 radical (unpaired) electrons. The quantitative estimate of drug-likeness (QED) is 0.817. The minimum absolute atomic E-state index is 0.101. The fraction of sp³-hybridized carbons (Fsp3) is 0.235. The van der Waals surface area contributed by atoms with Gasteiger partial charge in [-0.25, -0.2) is 4.98 Å². The first-order valence-corrected chi connectivity index (χ1v) is 8.42. The van der Waals surface area contributed by atoms with Gasteiger partial charge >= 0.3 is 0 Å². The highest BCUT2D eigenvalue weighted by Gasteiger charge is 2.22. The van der Waals surface area contributed by atoms with E-state index in [0.29, 0.717) is 31.9 Å². The van der Waals surface area contributed by atoms with Crippen molar-refractivity contribution in [3.63, 3.8) is 0 Å². The molecule has 1 saturated heterocycles. The topological polar surface area (TPSA) is 65.5 Å². The third-order valence-electron chi connectivity index (χ3n) is 3.87. The molecule has 0 atom stereocenters. The number of carbonyl (C=O) groups is 2. The van der Waals surface area contributed by atoms with E-state index < -0.39 is 0 Å². The van der Waals surface area contributed by atoms with Gasteiger partial charge in [0.25, 0.3) is 5.91 Å². The number of nitrogens with zero attached hydrogens (tertiary/aromatic N) is 3. The summed E-state index contributed by atoms with van der Waals surface area (Å²) in [5, 5.41) is 3.24. The van der Waals surface area contributed by atoms with Crippen LogP contribution in [0.1, 0.15) is 10.5 Å². The van der Waals surface area contributed by atoms with Crippen LogP contribution < -0.4 is 5.32 Å². The van der Waals surface area contributed by atoms with E-state index in [1.807, 2.05) is 30.3 Å². The number of rotatable bonds is 4. The summed E-state index contributed by atoms with van der Waals surface area (Å²) in [6.07, 6.45) is 2.47. The number of nitrogens with one attached hydrogen (secondary N) is 1. The molecule has 24 heavy (non-hydrogen) atoms. The second-order valence-corrected chi connectivity index (χ2v) is 6.41. The van der Waals surface area contributed by atoms with Gasteiger partial charge in [-0.1, -0.05) is 15.9 Å². The molecule has 3 rings (SSSR count). The summed E-state index contributed by atoms with van der Waals surface area (Å²) in [6, 6.07) is 11.4. The van der Waals surface area contributed by atoms with Gasteiger partial charge in [-0.2, -0.15) is 0 Å². The van der Waals surface area contributed by atoms with Crippen LogP contribution in [0.3, 0.4) is 0 Å². The molecule has 7 heteroatoms. The number of piperazine rings is 1. The largest absolute Gasteiger partial charge is 0.354 e. The SMILES string of the molecule is O=CN1CCN(C(=O)c2ccc(Nc3ccc(Br)cc3)cn2)CC1. The van der Waals surface area contributed by atoms with E-state index in [1.165, 1.54) is 0 Å². The molecule has 0 aliphatic carbocycles. The van der Waals surface area contributed by atoms with E-state index in [9.17, 15) is 9.59 Å². The first-order chi connectivity index (χ1) is 11.7. The Labute approximate surface area is 148 Å². The van der Waals surface area contributed by atoms with Crippen LogP contribution >= 0.6 is 15.9 Å². The molecule has 1 aliphatic heterocycles. The highest BCUT2D eigenvalue weighted by atomic mass is 79.9. The van der Waals surface area contributed by atoms with Crippen molar-refractivity contribution in [3.8, 4) is 0 Å². The molecule has 0 bridgehead atoms. The summed E-state index contributed by atoms with van der Waals surface area (Å²) in [5.41, 5.74) is 2.18. The number of amides is 2. The first-order valence-electron chi connectivity index (χ1n) is 7.63. The van der Waals surface area contributed by atoms with E-state index in [2.05, 4.69) is 26.2 Å². The number of benzene rings is 1. The molecule has 124 valence electrons. The highest BCUT2D eigenvalue weighted by Crippen LogP contribution is 2.19. The van der Waals surface area contributed by atoms with Gasteiger partial charge < -0.3 is 15.1 Å². The molecule has 1 N–H and O–H groups in total. The Balaban J connectivity index is 1.62. The zero-order chi connectivity index (χ0) is 16.9. The Morgan fingerprint density at radius 3 is 2.29 bits per heavy atom. The molecule has 0 unspecified atom stereocenters. The van der Waals surface area contributed by atoms with Gasteiger partial charge in [-0.15, -0.1) is 0 Å². The Morgan fingerprint density at radius 1 is 1.04 bits per heavy atom. The van der Waals surface area contributed by atoms with E-state index in [4.69, 9.17) is 0 Å². The summed E-state index contributed by atoms with van der Waals surface area (Å²) in [4.78, 5) is 30.8. The molecule has 1 aromatic carbocycles. The fourth-order valence-electron chi connectivity index (χ4n) is 2.49. The average molecular weight is 389 g/mol. The number of anilines is 2. The van der Waals surface area contributed by atoms with Gasteiger partial charge in [0.15, 0.2) is 0 Å². The van der Waals surface area contributed by atoms with Gasteiger partial charge in [0.05, 0.1) is 11.9 Å². The maximum Gasteiger partial charge on any atom is 0.272 e. The standard InChI is InChI=1S/C17H17BrN4O2/c18-13-1-3-14(4-2-13)20-15-5-6-16(19-11-15)17(24)22-9-7-21(12-23)8-10-22/h1-6,11-12,20H,7-10H2. The summed E-state index contributed by atoms with van der Waals surface area (Å²) in [5.74, 6) is -0.101. The van der Waals surface area contributed by atoms with Gasteiger partial charge in [-0.3, -0.25) is 9.59 Å². The van der Waals surface area contributed by atoms with Crippen LogP contribution in [-0.4, -0.2) is 53.3 Å².